The summed E-state index contributed by atoms with van der Waals surface area (Å²) in [5.74, 6) is 0.0802. The lowest BCUT2D eigenvalue weighted by molar-refractivity contribution is 0.0719. The van der Waals surface area contributed by atoms with E-state index in [4.69, 9.17) is 5.73 Å². The van der Waals surface area contributed by atoms with Crippen LogP contribution in [0.15, 0.2) is 36.5 Å². The van der Waals surface area contributed by atoms with Gasteiger partial charge in [0.2, 0.25) is 0 Å². The fraction of sp³-hybridized carbons (Fsp3) is 0.333. The summed E-state index contributed by atoms with van der Waals surface area (Å²) in [7, 11) is 0. The van der Waals surface area contributed by atoms with E-state index in [2.05, 4.69) is 4.98 Å². The molecule has 20 heavy (non-hydrogen) atoms. The third-order valence-corrected chi connectivity index (χ3v) is 4.60. The lowest BCUT2D eigenvalue weighted by Crippen LogP contribution is -2.42. The molecule has 0 aliphatic carbocycles. The Balaban J connectivity index is 1.75. The molecule has 5 heteroatoms. The Morgan fingerprint density at radius 3 is 2.65 bits per heavy atom. The van der Waals surface area contributed by atoms with Crippen LogP contribution >= 0.6 is 11.3 Å². The monoisotopic (exact) mass is 287 g/mol. The first kappa shape index (κ1) is 13.3. The van der Waals surface area contributed by atoms with E-state index in [1.165, 1.54) is 11.3 Å². The van der Waals surface area contributed by atoms with Crippen LogP contribution in [0.25, 0.3) is 10.6 Å². The molecular weight excluding hydrogens is 270 g/mol. The van der Waals surface area contributed by atoms with Crippen LogP contribution in [0.3, 0.4) is 0 Å². The van der Waals surface area contributed by atoms with Gasteiger partial charge in [0.1, 0.15) is 9.88 Å². The third kappa shape index (κ3) is 2.73. The molecule has 1 aliphatic rings. The Morgan fingerprint density at radius 1 is 1.25 bits per heavy atom. The van der Waals surface area contributed by atoms with Gasteiger partial charge in [0.05, 0.1) is 6.20 Å². The van der Waals surface area contributed by atoms with E-state index in [-0.39, 0.29) is 11.9 Å². The van der Waals surface area contributed by atoms with Gasteiger partial charge >= 0.3 is 0 Å². The maximum atomic E-state index is 12.4. The van der Waals surface area contributed by atoms with E-state index in [9.17, 15) is 4.79 Å². The van der Waals surface area contributed by atoms with Crippen molar-refractivity contribution in [3.8, 4) is 10.6 Å². The average molecular weight is 287 g/mol. The quantitative estimate of drug-likeness (QED) is 0.922. The molecule has 0 saturated carbocycles. The van der Waals surface area contributed by atoms with Gasteiger partial charge in [0.25, 0.3) is 5.91 Å². The molecule has 0 bridgehead atoms. The van der Waals surface area contributed by atoms with Gasteiger partial charge in [-0.1, -0.05) is 30.3 Å². The highest BCUT2D eigenvalue weighted by Crippen LogP contribution is 2.26. The summed E-state index contributed by atoms with van der Waals surface area (Å²) in [6, 6.07) is 10.2. The number of thiazole rings is 1. The number of benzene rings is 1. The van der Waals surface area contributed by atoms with E-state index in [1.807, 2.05) is 35.2 Å². The number of hydrogen-bond acceptors (Lipinski definition) is 4. The first-order valence-corrected chi connectivity index (χ1v) is 7.62. The van der Waals surface area contributed by atoms with Crippen LogP contribution in [-0.4, -0.2) is 34.9 Å². The van der Waals surface area contributed by atoms with Crippen LogP contribution in [0.4, 0.5) is 0 Å². The molecule has 1 saturated heterocycles. The number of nitrogens with two attached hydrogens (primary N) is 1. The minimum atomic E-state index is 0.0802. The topological polar surface area (TPSA) is 59.2 Å². The second-order valence-electron chi connectivity index (χ2n) is 5.03. The highest BCUT2D eigenvalue weighted by molar-refractivity contribution is 7.16. The number of rotatable bonds is 2. The van der Waals surface area contributed by atoms with E-state index in [0.717, 1.165) is 36.5 Å². The predicted molar refractivity (Wildman–Crippen MR) is 80.7 cm³/mol. The van der Waals surface area contributed by atoms with Gasteiger partial charge in [-0.2, -0.15) is 0 Å². The highest BCUT2D eigenvalue weighted by Gasteiger charge is 2.23. The van der Waals surface area contributed by atoms with Crippen LogP contribution in [0.2, 0.25) is 0 Å². The van der Waals surface area contributed by atoms with Gasteiger partial charge in [-0.15, -0.1) is 11.3 Å². The first-order valence-electron chi connectivity index (χ1n) is 6.80. The number of likely N-dealkylation sites (tertiary alicyclic amines) is 1. The average Bonchev–Trinajstić information content (AvgIpc) is 2.98. The molecule has 0 unspecified atom stereocenters. The molecule has 4 nitrogen and oxygen atoms in total. The van der Waals surface area contributed by atoms with Crippen molar-refractivity contribution in [3.63, 3.8) is 0 Å². The van der Waals surface area contributed by atoms with E-state index in [0.29, 0.717) is 4.88 Å². The minimum Gasteiger partial charge on any atom is -0.338 e. The number of aromatic nitrogens is 1. The van der Waals surface area contributed by atoms with E-state index >= 15 is 0 Å². The van der Waals surface area contributed by atoms with Gasteiger partial charge in [-0.05, 0) is 12.8 Å². The molecule has 3 rings (SSSR count). The molecule has 0 spiro atoms. The fourth-order valence-corrected chi connectivity index (χ4v) is 3.24. The summed E-state index contributed by atoms with van der Waals surface area (Å²) in [4.78, 5) is 19.4. The predicted octanol–water partition coefficient (Wildman–Crippen LogP) is 2.37. The molecule has 0 atom stereocenters. The van der Waals surface area contributed by atoms with Crippen LogP contribution in [-0.2, 0) is 0 Å². The molecule has 2 heterocycles. The zero-order valence-electron chi connectivity index (χ0n) is 11.2. The van der Waals surface area contributed by atoms with Crippen molar-refractivity contribution in [1.29, 1.82) is 0 Å². The summed E-state index contributed by atoms with van der Waals surface area (Å²) in [6.45, 7) is 1.50. The lowest BCUT2D eigenvalue weighted by Gasteiger charge is -2.29. The van der Waals surface area contributed by atoms with Crippen molar-refractivity contribution < 1.29 is 4.79 Å². The Morgan fingerprint density at radius 2 is 1.95 bits per heavy atom. The number of piperidine rings is 1. The molecular formula is C15H17N3OS. The zero-order valence-corrected chi connectivity index (χ0v) is 12.0. The van der Waals surface area contributed by atoms with Crippen molar-refractivity contribution in [1.82, 2.24) is 9.88 Å². The van der Waals surface area contributed by atoms with Crippen molar-refractivity contribution in [2.24, 2.45) is 5.73 Å². The summed E-state index contributed by atoms with van der Waals surface area (Å²) in [6.07, 6.45) is 3.45. The third-order valence-electron chi connectivity index (χ3n) is 3.56. The standard InChI is InChI=1S/C15H17N3OS/c16-12-6-8-18(9-7-12)15(19)13-10-17-14(20-13)11-4-2-1-3-5-11/h1-5,10,12H,6-9,16H2. The van der Waals surface area contributed by atoms with Gasteiger partial charge in [-0.25, -0.2) is 4.98 Å². The Labute approximate surface area is 122 Å². The lowest BCUT2D eigenvalue weighted by atomic mass is 10.1. The van der Waals surface area contributed by atoms with Crippen LogP contribution in [0.1, 0.15) is 22.5 Å². The zero-order chi connectivity index (χ0) is 13.9. The molecule has 2 N–H and O–H groups in total. The minimum absolute atomic E-state index is 0.0802. The van der Waals surface area contributed by atoms with Gasteiger partial charge in [-0.3, -0.25) is 4.79 Å². The summed E-state index contributed by atoms with van der Waals surface area (Å²) in [5.41, 5.74) is 6.92. The van der Waals surface area contributed by atoms with Crippen molar-refractivity contribution in [2.75, 3.05) is 13.1 Å². The molecule has 2 aromatic rings. The number of carbonyl (C=O) groups excluding carboxylic acids is 1. The molecule has 1 fully saturated rings. The maximum absolute atomic E-state index is 12.4. The number of hydrogen-bond donors (Lipinski definition) is 1. The number of nitrogens with zero attached hydrogens (tertiary/aromatic N) is 2. The molecule has 104 valence electrons. The second kappa shape index (κ2) is 5.73. The van der Waals surface area contributed by atoms with E-state index in [1.54, 1.807) is 6.20 Å². The Hall–Kier alpha value is -1.72. The second-order valence-corrected chi connectivity index (χ2v) is 6.06. The normalized spacial score (nSPS) is 16.4. The van der Waals surface area contributed by atoms with Crippen molar-refractivity contribution in [3.05, 3.63) is 41.4 Å². The molecule has 1 aromatic heterocycles. The summed E-state index contributed by atoms with van der Waals surface area (Å²) >= 11 is 1.45. The smallest absolute Gasteiger partial charge is 0.265 e. The highest BCUT2D eigenvalue weighted by atomic mass is 32.1. The van der Waals surface area contributed by atoms with Crippen molar-refractivity contribution >= 4 is 17.2 Å². The Kier molecular flexibility index (Phi) is 3.80. The maximum Gasteiger partial charge on any atom is 0.265 e. The summed E-state index contributed by atoms with van der Waals surface area (Å²) < 4.78 is 0. The molecule has 1 amide bonds. The largest absolute Gasteiger partial charge is 0.338 e. The number of amides is 1. The summed E-state index contributed by atoms with van der Waals surface area (Å²) in [5, 5.41) is 0.891. The first-order chi connectivity index (χ1) is 9.74. The molecule has 1 aliphatic heterocycles. The van der Waals surface area contributed by atoms with Crippen LogP contribution in [0, 0.1) is 0 Å². The van der Waals surface area contributed by atoms with Gasteiger partial charge < -0.3 is 10.6 Å². The molecule has 1 aromatic carbocycles. The number of carbonyl (C=O) groups is 1. The van der Waals surface area contributed by atoms with E-state index < -0.39 is 0 Å². The SMILES string of the molecule is NC1CCN(C(=O)c2cnc(-c3ccccc3)s2)CC1. The van der Waals surface area contributed by atoms with Gasteiger partial charge in [0.15, 0.2) is 0 Å². The Bertz CT molecular complexity index is 588. The fourth-order valence-electron chi connectivity index (χ4n) is 2.35. The van der Waals surface area contributed by atoms with Gasteiger partial charge in [0, 0.05) is 24.7 Å². The molecule has 0 radical (unpaired) electrons. The van der Waals surface area contributed by atoms with Crippen LogP contribution in [0.5, 0.6) is 0 Å². The van der Waals surface area contributed by atoms with Crippen LogP contribution < -0.4 is 5.73 Å². The van der Waals surface area contributed by atoms with Crippen molar-refractivity contribution in [2.45, 2.75) is 18.9 Å².